The molecule has 1 atom stereocenters. The molecule has 1 aliphatic heterocycles. The zero-order valence-electron chi connectivity index (χ0n) is 16.6. The van der Waals surface area contributed by atoms with Crippen molar-refractivity contribution < 1.29 is 27.4 Å². The lowest BCUT2D eigenvalue weighted by Crippen LogP contribution is -2.35. The van der Waals surface area contributed by atoms with Crippen molar-refractivity contribution in [1.29, 1.82) is 0 Å². The van der Waals surface area contributed by atoms with Crippen LogP contribution in [0.4, 0.5) is 5.69 Å². The van der Waals surface area contributed by atoms with Crippen LogP contribution >= 0.6 is 11.6 Å². The molecule has 0 spiro atoms. The molecule has 2 aromatic carbocycles. The molecular formula is C20H23ClN2O6S. The molecule has 162 valence electrons. The van der Waals surface area contributed by atoms with Gasteiger partial charge in [0.25, 0.3) is 0 Å². The number of benzene rings is 2. The summed E-state index contributed by atoms with van der Waals surface area (Å²) in [5, 5.41) is 3.13. The first kappa shape index (κ1) is 22.4. The first-order valence-electron chi connectivity index (χ1n) is 9.27. The molecule has 0 fully saturated rings. The number of carbonyl (C=O) groups excluding carboxylic acids is 1. The number of nitrogens with one attached hydrogen (secondary N) is 2. The molecule has 1 amide bonds. The van der Waals surface area contributed by atoms with E-state index in [-0.39, 0.29) is 29.9 Å². The standard InChI is InChI=1S/C20H23ClN2O6S/c1-13(12-27-2)23-30(25,26)16-5-3-15(4-6-16)22-19(24)11-14-9-17(21)20-18(10-14)28-7-8-29-20/h3-6,9-10,13,23H,7-8,11-12H2,1-2H3,(H,22,24)/t13-/m1/s1. The van der Waals surface area contributed by atoms with Gasteiger partial charge in [-0.25, -0.2) is 13.1 Å². The number of hydrogen-bond donors (Lipinski definition) is 2. The van der Waals surface area contributed by atoms with Crippen LogP contribution in [-0.4, -0.2) is 47.3 Å². The minimum atomic E-state index is -3.67. The fourth-order valence-corrected chi connectivity index (χ4v) is 4.51. The summed E-state index contributed by atoms with van der Waals surface area (Å²) in [6.07, 6.45) is 0.0759. The fraction of sp³-hybridized carbons (Fsp3) is 0.350. The summed E-state index contributed by atoms with van der Waals surface area (Å²) >= 11 is 6.20. The molecule has 10 heteroatoms. The van der Waals surface area contributed by atoms with Gasteiger partial charge in [0.05, 0.1) is 22.9 Å². The molecule has 0 unspecified atom stereocenters. The van der Waals surface area contributed by atoms with Crippen molar-refractivity contribution in [2.24, 2.45) is 0 Å². The number of halogens is 1. The Kier molecular flexibility index (Phi) is 7.19. The molecular weight excluding hydrogens is 432 g/mol. The van der Waals surface area contributed by atoms with Crippen LogP contribution in [0.15, 0.2) is 41.3 Å². The Hall–Kier alpha value is -2.33. The summed E-state index contributed by atoms with van der Waals surface area (Å²) in [5.74, 6) is 0.726. The number of rotatable bonds is 8. The van der Waals surface area contributed by atoms with Gasteiger partial charge in [0.1, 0.15) is 13.2 Å². The van der Waals surface area contributed by atoms with Crippen LogP contribution in [-0.2, 0) is 26.0 Å². The van der Waals surface area contributed by atoms with Crippen LogP contribution in [0.3, 0.4) is 0 Å². The van der Waals surface area contributed by atoms with Crippen LogP contribution in [0, 0.1) is 0 Å². The van der Waals surface area contributed by atoms with Crippen LogP contribution in [0.2, 0.25) is 5.02 Å². The van der Waals surface area contributed by atoms with Gasteiger partial charge in [-0.3, -0.25) is 4.79 Å². The smallest absolute Gasteiger partial charge is 0.240 e. The summed E-state index contributed by atoms with van der Waals surface area (Å²) in [7, 11) is -2.17. The van der Waals surface area contributed by atoms with Gasteiger partial charge in [-0.15, -0.1) is 0 Å². The van der Waals surface area contributed by atoms with Crippen molar-refractivity contribution in [3.63, 3.8) is 0 Å². The normalized spacial score (nSPS) is 14.2. The van der Waals surface area contributed by atoms with Gasteiger partial charge in [0.2, 0.25) is 15.9 Å². The number of methoxy groups -OCH3 is 1. The third-order valence-electron chi connectivity index (χ3n) is 4.24. The zero-order chi connectivity index (χ0) is 21.7. The highest BCUT2D eigenvalue weighted by atomic mass is 35.5. The summed E-state index contributed by atoms with van der Waals surface area (Å²) in [6, 6.07) is 8.95. The third-order valence-corrected chi connectivity index (χ3v) is 6.13. The van der Waals surface area contributed by atoms with Gasteiger partial charge in [-0.1, -0.05) is 11.6 Å². The van der Waals surface area contributed by atoms with Crippen LogP contribution in [0.25, 0.3) is 0 Å². The molecule has 0 bridgehead atoms. The lowest BCUT2D eigenvalue weighted by molar-refractivity contribution is -0.115. The molecule has 30 heavy (non-hydrogen) atoms. The Balaban J connectivity index is 1.63. The van der Waals surface area contributed by atoms with E-state index in [0.29, 0.717) is 41.0 Å². The summed E-state index contributed by atoms with van der Waals surface area (Å²) in [4.78, 5) is 12.5. The van der Waals surface area contributed by atoms with Gasteiger partial charge >= 0.3 is 0 Å². The Bertz CT molecular complexity index is 1010. The molecule has 0 saturated heterocycles. The number of amides is 1. The lowest BCUT2D eigenvalue weighted by Gasteiger charge is -2.20. The number of sulfonamides is 1. The molecule has 1 aliphatic rings. The van der Waals surface area contributed by atoms with Gasteiger partial charge in [0, 0.05) is 18.8 Å². The van der Waals surface area contributed by atoms with Gasteiger partial charge < -0.3 is 19.5 Å². The van der Waals surface area contributed by atoms with Crippen molar-refractivity contribution in [1.82, 2.24) is 4.72 Å². The predicted octanol–water partition coefficient (Wildman–Crippen LogP) is 2.61. The third kappa shape index (κ3) is 5.63. The first-order valence-corrected chi connectivity index (χ1v) is 11.1. The molecule has 0 aliphatic carbocycles. The van der Waals surface area contributed by atoms with Crippen molar-refractivity contribution in [3.8, 4) is 11.5 Å². The zero-order valence-corrected chi connectivity index (χ0v) is 18.2. The monoisotopic (exact) mass is 454 g/mol. The van der Waals surface area contributed by atoms with E-state index in [9.17, 15) is 13.2 Å². The second-order valence-corrected chi connectivity index (χ2v) is 8.95. The summed E-state index contributed by atoms with van der Waals surface area (Å²) in [6.45, 7) is 2.82. The second-order valence-electron chi connectivity index (χ2n) is 6.83. The van der Waals surface area contributed by atoms with E-state index in [4.69, 9.17) is 25.8 Å². The van der Waals surface area contributed by atoms with E-state index in [0.717, 1.165) is 0 Å². The number of carbonyl (C=O) groups is 1. The Morgan fingerprint density at radius 1 is 1.20 bits per heavy atom. The topological polar surface area (TPSA) is 103 Å². The molecule has 1 heterocycles. The van der Waals surface area contributed by atoms with E-state index < -0.39 is 10.0 Å². The molecule has 0 aromatic heterocycles. The molecule has 3 rings (SSSR count). The van der Waals surface area contributed by atoms with Crippen LogP contribution < -0.4 is 19.5 Å². The highest BCUT2D eigenvalue weighted by Crippen LogP contribution is 2.38. The average Bonchev–Trinajstić information content (AvgIpc) is 2.68. The predicted molar refractivity (Wildman–Crippen MR) is 113 cm³/mol. The van der Waals surface area contributed by atoms with E-state index in [2.05, 4.69) is 10.0 Å². The molecule has 0 saturated carbocycles. The van der Waals surface area contributed by atoms with Gasteiger partial charge in [-0.2, -0.15) is 0 Å². The Morgan fingerprint density at radius 3 is 2.60 bits per heavy atom. The summed E-state index contributed by atoms with van der Waals surface area (Å²) < 4.78 is 43.2. The number of fused-ring (bicyclic) bond motifs is 1. The Morgan fingerprint density at radius 2 is 1.90 bits per heavy atom. The van der Waals surface area contributed by atoms with Crippen LogP contribution in [0.5, 0.6) is 11.5 Å². The Labute approximate surface area is 180 Å². The molecule has 0 radical (unpaired) electrons. The lowest BCUT2D eigenvalue weighted by atomic mass is 10.1. The number of anilines is 1. The fourth-order valence-electron chi connectivity index (χ4n) is 2.99. The highest BCUT2D eigenvalue weighted by Gasteiger charge is 2.19. The maximum Gasteiger partial charge on any atom is 0.240 e. The van der Waals surface area contributed by atoms with Crippen molar-refractivity contribution >= 4 is 33.2 Å². The minimum Gasteiger partial charge on any atom is -0.486 e. The van der Waals surface area contributed by atoms with Crippen LogP contribution in [0.1, 0.15) is 12.5 Å². The second kappa shape index (κ2) is 9.65. The summed E-state index contributed by atoms with van der Waals surface area (Å²) in [5.41, 5.74) is 1.16. The van der Waals surface area contributed by atoms with Gasteiger partial charge in [0.15, 0.2) is 11.5 Å². The average molecular weight is 455 g/mol. The molecule has 2 N–H and O–H groups in total. The van der Waals surface area contributed by atoms with E-state index >= 15 is 0 Å². The van der Waals surface area contributed by atoms with E-state index in [1.165, 1.54) is 31.4 Å². The van der Waals surface area contributed by atoms with Gasteiger partial charge in [-0.05, 0) is 48.9 Å². The van der Waals surface area contributed by atoms with Crippen molar-refractivity contribution in [2.75, 3.05) is 32.2 Å². The molecule has 8 nitrogen and oxygen atoms in total. The number of ether oxygens (including phenoxy) is 3. The number of hydrogen-bond acceptors (Lipinski definition) is 6. The van der Waals surface area contributed by atoms with E-state index in [1.54, 1.807) is 19.1 Å². The highest BCUT2D eigenvalue weighted by molar-refractivity contribution is 7.89. The first-order chi connectivity index (χ1) is 14.3. The van der Waals surface area contributed by atoms with E-state index in [1.807, 2.05) is 0 Å². The van der Waals surface area contributed by atoms with Crippen molar-refractivity contribution in [2.45, 2.75) is 24.3 Å². The minimum absolute atomic E-state index is 0.0759. The largest absolute Gasteiger partial charge is 0.486 e. The quantitative estimate of drug-likeness (QED) is 0.635. The molecule has 2 aromatic rings. The maximum atomic E-state index is 12.4. The maximum absolute atomic E-state index is 12.4. The SMILES string of the molecule is COC[C@@H](C)NS(=O)(=O)c1ccc(NC(=O)Cc2cc(Cl)c3c(c2)OCCO3)cc1. The van der Waals surface area contributed by atoms with Crippen molar-refractivity contribution in [3.05, 3.63) is 47.0 Å².